The van der Waals surface area contributed by atoms with E-state index < -0.39 is 0 Å². The number of benzene rings is 1. The van der Waals surface area contributed by atoms with Gasteiger partial charge in [-0.2, -0.15) is 0 Å². The van der Waals surface area contributed by atoms with Crippen LogP contribution in [0, 0.1) is 0 Å². The zero-order valence-electron chi connectivity index (χ0n) is 13.2. The van der Waals surface area contributed by atoms with Crippen molar-refractivity contribution in [2.24, 2.45) is 0 Å². The molecule has 0 radical (unpaired) electrons. The molecule has 0 aliphatic carbocycles. The van der Waals surface area contributed by atoms with Crippen LogP contribution in [0.2, 0.25) is 5.02 Å². The highest BCUT2D eigenvalue weighted by Gasteiger charge is 2.32. The fourth-order valence-corrected chi connectivity index (χ4v) is 4.09. The maximum absolute atomic E-state index is 12.7. The molecule has 1 aromatic heterocycles. The van der Waals surface area contributed by atoms with E-state index in [-0.39, 0.29) is 11.9 Å². The number of halogens is 1. The molecule has 122 valence electrons. The average molecular weight is 349 g/mol. The molecule has 5 heteroatoms. The van der Waals surface area contributed by atoms with Gasteiger partial charge in [-0.05, 0) is 54.1 Å². The first-order chi connectivity index (χ1) is 11.2. The number of hydrogen-bond acceptors (Lipinski definition) is 3. The van der Waals surface area contributed by atoms with E-state index in [0.717, 1.165) is 36.5 Å². The zero-order valence-corrected chi connectivity index (χ0v) is 14.8. The molecule has 0 saturated heterocycles. The van der Waals surface area contributed by atoms with Crippen LogP contribution in [0.1, 0.15) is 35.4 Å². The first-order valence-corrected chi connectivity index (χ1v) is 9.28. The molecular formula is C18H21ClN2OS. The van der Waals surface area contributed by atoms with E-state index >= 15 is 0 Å². The Labute approximate surface area is 146 Å². The lowest BCUT2D eigenvalue weighted by Gasteiger charge is -2.36. The maximum Gasteiger partial charge on any atom is 0.237 e. The van der Waals surface area contributed by atoms with E-state index in [4.69, 9.17) is 11.6 Å². The van der Waals surface area contributed by atoms with Crippen LogP contribution in [0.5, 0.6) is 0 Å². The topological polar surface area (TPSA) is 32.3 Å². The number of carbonyl (C=O) groups excluding carboxylic acids is 1. The molecular weight excluding hydrogens is 328 g/mol. The summed E-state index contributed by atoms with van der Waals surface area (Å²) in [6, 6.07) is 10.0. The van der Waals surface area contributed by atoms with Crippen molar-refractivity contribution in [2.45, 2.75) is 25.8 Å². The Balaban J connectivity index is 1.89. The van der Waals surface area contributed by atoms with Crippen LogP contribution < -0.4 is 5.32 Å². The fraction of sp³-hybridized carbons (Fsp3) is 0.389. The first-order valence-electron chi connectivity index (χ1n) is 8.02. The number of nitrogens with one attached hydrogen (secondary N) is 1. The highest BCUT2D eigenvalue weighted by Crippen LogP contribution is 2.38. The van der Waals surface area contributed by atoms with E-state index in [9.17, 15) is 4.79 Å². The predicted octanol–water partition coefficient (Wildman–Crippen LogP) is 3.88. The molecule has 3 rings (SSSR count). The van der Waals surface area contributed by atoms with Crippen molar-refractivity contribution in [3.8, 4) is 0 Å². The van der Waals surface area contributed by atoms with Crippen molar-refractivity contribution in [1.82, 2.24) is 10.2 Å². The predicted molar refractivity (Wildman–Crippen MR) is 96.2 cm³/mol. The molecule has 2 heterocycles. The van der Waals surface area contributed by atoms with Crippen LogP contribution >= 0.6 is 22.9 Å². The Morgan fingerprint density at radius 2 is 2.13 bits per heavy atom. The second kappa shape index (κ2) is 7.47. The number of nitrogens with zero attached hydrogens (tertiary/aromatic N) is 1. The second-order valence-corrected chi connectivity index (χ2v) is 7.20. The van der Waals surface area contributed by atoms with Crippen molar-refractivity contribution in [3.05, 3.63) is 56.7 Å². The Bertz CT molecular complexity index is 668. The van der Waals surface area contributed by atoms with Crippen molar-refractivity contribution in [3.63, 3.8) is 0 Å². The molecule has 0 saturated carbocycles. The van der Waals surface area contributed by atoms with Gasteiger partial charge in [0, 0.05) is 16.4 Å². The highest BCUT2D eigenvalue weighted by atomic mass is 35.5. The normalized spacial score (nSPS) is 17.1. The van der Waals surface area contributed by atoms with Crippen LogP contribution in [0.4, 0.5) is 0 Å². The Kier molecular flexibility index (Phi) is 5.36. The number of carbonyl (C=O) groups is 1. The van der Waals surface area contributed by atoms with Gasteiger partial charge in [-0.25, -0.2) is 0 Å². The monoisotopic (exact) mass is 348 g/mol. The summed E-state index contributed by atoms with van der Waals surface area (Å²) >= 11 is 7.81. The summed E-state index contributed by atoms with van der Waals surface area (Å²) in [6.07, 6.45) is 1.97. The van der Waals surface area contributed by atoms with Gasteiger partial charge >= 0.3 is 0 Å². The Morgan fingerprint density at radius 3 is 2.87 bits per heavy atom. The van der Waals surface area contributed by atoms with Gasteiger partial charge in [0.15, 0.2) is 0 Å². The Hall–Kier alpha value is -1.36. The van der Waals surface area contributed by atoms with Gasteiger partial charge in [0.1, 0.15) is 0 Å². The maximum atomic E-state index is 12.7. The van der Waals surface area contributed by atoms with Gasteiger partial charge in [0.25, 0.3) is 0 Å². The van der Waals surface area contributed by atoms with Gasteiger partial charge in [0.2, 0.25) is 5.91 Å². The lowest BCUT2D eigenvalue weighted by Crippen LogP contribution is -2.44. The largest absolute Gasteiger partial charge is 0.330 e. The van der Waals surface area contributed by atoms with Crippen LogP contribution in [0.25, 0.3) is 0 Å². The lowest BCUT2D eigenvalue weighted by molar-refractivity contribution is -0.132. The third-order valence-corrected chi connectivity index (χ3v) is 5.42. The van der Waals surface area contributed by atoms with Crippen LogP contribution in [0.3, 0.4) is 0 Å². The molecule has 0 fully saturated rings. The summed E-state index contributed by atoms with van der Waals surface area (Å²) in [4.78, 5) is 16.1. The lowest BCUT2D eigenvalue weighted by atomic mass is 9.93. The van der Waals surface area contributed by atoms with Crippen LogP contribution in [-0.4, -0.2) is 30.4 Å². The number of hydrogen-bond donors (Lipinski definition) is 1. The molecule has 0 spiro atoms. The molecule has 1 amide bonds. The summed E-state index contributed by atoms with van der Waals surface area (Å²) in [5.41, 5.74) is 2.38. The van der Waals surface area contributed by atoms with Crippen LogP contribution in [-0.2, 0) is 11.2 Å². The van der Waals surface area contributed by atoms with Crippen LogP contribution in [0.15, 0.2) is 35.7 Å². The molecule has 0 unspecified atom stereocenters. The number of amides is 1. The van der Waals surface area contributed by atoms with Gasteiger partial charge in [-0.1, -0.05) is 30.7 Å². The Morgan fingerprint density at radius 1 is 1.35 bits per heavy atom. The third-order valence-electron chi connectivity index (χ3n) is 4.17. The SMILES string of the molecule is CCCNCC(=O)N1CCc2sccc2[C@H]1c1ccc(Cl)cc1. The van der Waals surface area contributed by atoms with Gasteiger partial charge in [-0.15, -0.1) is 11.3 Å². The first kappa shape index (κ1) is 16.5. The smallest absolute Gasteiger partial charge is 0.237 e. The molecule has 1 aliphatic heterocycles. The molecule has 1 aromatic carbocycles. The van der Waals surface area contributed by atoms with Gasteiger partial charge in [0.05, 0.1) is 12.6 Å². The van der Waals surface area contributed by atoms with E-state index in [0.29, 0.717) is 6.54 Å². The zero-order chi connectivity index (χ0) is 16.2. The molecule has 1 aliphatic rings. The molecule has 1 atom stereocenters. The number of thiophene rings is 1. The fourth-order valence-electron chi connectivity index (χ4n) is 3.06. The summed E-state index contributed by atoms with van der Waals surface area (Å²) in [5.74, 6) is 0.162. The summed E-state index contributed by atoms with van der Waals surface area (Å²) in [6.45, 7) is 4.15. The number of fused-ring (bicyclic) bond motifs is 1. The molecule has 23 heavy (non-hydrogen) atoms. The summed E-state index contributed by atoms with van der Waals surface area (Å²) in [7, 11) is 0. The molecule has 0 bridgehead atoms. The van der Waals surface area contributed by atoms with Gasteiger partial charge in [-0.3, -0.25) is 4.79 Å². The summed E-state index contributed by atoms with van der Waals surface area (Å²) in [5, 5.41) is 6.06. The van der Waals surface area contributed by atoms with E-state index in [2.05, 4.69) is 23.7 Å². The standard InChI is InChI=1S/C18H21ClN2OS/c1-2-9-20-12-17(22)21-10-7-16-15(8-11-23-16)18(21)13-3-5-14(19)6-4-13/h3-6,8,11,18,20H,2,7,9-10,12H2,1H3/t18-/m1/s1. The van der Waals surface area contributed by atoms with Crippen molar-refractivity contribution in [2.75, 3.05) is 19.6 Å². The minimum atomic E-state index is -0.00167. The molecule has 3 nitrogen and oxygen atoms in total. The van der Waals surface area contributed by atoms with E-state index in [1.165, 1.54) is 10.4 Å². The minimum absolute atomic E-state index is 0.00167. The third kappa shape index (κ3) is 3.60. The van der Waals surface area contributed by atoms with Crippen molar-refractivity contribution < 1.29 is 4.79 Å². The number of rotatable bonds is 5. The summed E-state index contributed by atoms with van der Waals surface area (Å²) < 4.78 is 0. The minimum Gasteiger partial charge on any atom is -0.330 e. The van der Waals surface area contributed by atoms with Crippen molar-refractivity contribution >= 4 is 28.8 Å². The highest BCUT2D eigenvalue weighted by molar-refractivity contribution is 7.10. The molecule has 2 aromatic rings. The van der Waals surface area contributed by atoms with Crippen molar-refractivity contribution in [1.29, 1.82) is 0 Å². The average Bonchev–Trinajstić information content (AvgIpc) is 3.03. The van der Waals surface area contributed by atoms with E-state index in [1.54, 1.807) is 11.3 Å². The quantitative estimate of drug-likeness (QED) is 0.832. The van der Waals surface area contributed by atoms with Gasteiger partial charge < -0.3 is 10.2 Å². The molecule has 1 N–H and O–H groups in total. The second-order valence-electron chi connectivity index (χ2n) is 5.77. The van der Waals surface area contributed by atoms with E-state index in [1.807, 2.05) is 29.2 Å².